The minimum Gasteiger partial charge on any atom is -0.309 e. The van der Waals surface area contributed by atoms with Gasteiger partial charge < -0.3 is 9.13 Å². The fraction of sp³-hybridized carbons (Fsp3) is 0.0667. The van der Waals surface area contributed by atoms with Crippen molar-refractivity contribution >= 4 is 43.6 Å². The average Bonchev–Trinajstić information content (AvgIpc) is 3.64. The van der Waals surface area contributed by atoms with E-state index in [4.69, 9.17) is 0 Å². The summed E-state index contributed by atoms with van der Waals surface area (Å²) in [5.41, 5.74) is 14.9. The van der Waals surface area contributed by atoms with E-state index in [0.29, 0.717) is 0 Å². The minimum absolute atomic E-state index is 0.189. The third-order valence-corrected chi connectivity index (χ3v) is 10.5. The Hall–Kier alpha value is -5.86. The fourth-order valence-electron chi connectivity index (χ4n) is 8.19. The van der Waals surface area contributed by atoms with Crippen molar-refractivity contribution in [1.29, 1.82) is 0 Å². The quantitative estimate of drug-likeness (QED) is 0.191. The van der Waals surface area contributed by atoms with Crippen LogP contribution in [0.15, 0.2) is 158 Å². The van der Waals surface area contributed by atoms with Gasteiger partial charge in [-0.3, -0.25) is 0 Å². The fourth-order valence-corrected chi connectivity index (χ4v) is 8.19. The maximum Gasteiger partial charge on any atom is 0.0582 e. The highest BCUT2D eigenvalue weighted by Crippen LogP contribution is 2.49. The van der Waals surface area contributed by atoms with Gasteiger partial charge in [0.25, 0.3) is 0 Å². The lowest BCUT2D eigenvalue weighted by Gasteiger charge is -2.35. The van der Waals surface area contributed by atoms with Crippen molar-refractivity contribution in [3.8, 4) is 33.6 Å². The Morgan fingerprint density at radius 1 is 0.383 bits per heavy atom. The molecular weight excluding hydrogens is 569 g/mol. The maximum atomic E-state index is 2.52. The normalized spacial score (nSPS) is 13.5. The van der Waals surface area contributed by atoms with Gasteiger partial charge in [0.15, 0.2) is 0 Å². The number of rotatable bonds is 3. The van der Waals surface area contributed by atoms with Crippen LogP contribution in [0.2, 0.25) is 0 Å². The van der Waals surface area contributed by atoms with E-state index in [0.717, 1.165) is 0 Å². The summed E-state index contributed by atoms with van der Waals surface area (Å²) in [6.07, 6.45) is 0. The molecule has 1 aliphatic heterocycles. The number of nitrogens with zero attached hydrogens (tertiary/aromatic N) is 2. The molecule has 1 aliphatic rings. The molecule has 0 bridgehead atoms. The van der Waals surface area contributed by atoms with Crippen molar-refractivity contribution in [3.63, 3.8) is 0 Å². The molecule has 0 radical (unpaired) electrons. The molecule has 222 valence electrons. The van der Waals surface area contributed by atoms with Crippen molar-refractivity contribution in [2.45, 2.75) is 19.3 Å². The van der Waals surface area contributed by atoms with Gasteiger partial charge in [-0.1, -0.05) is 135 Å². The summed E-state index contributed by atoms with van der Waals surface area (Å²) < 4.78 is 4.99. The van der Waals surface area contributed by atoms with Crippen molar-refractivity contribution < 1.29 is 0 Å². The van der Waals surface area contributed by atoms with Gasteiger partial charge in [-0.2, -0.15) is 0 Å². The van der Waals surface area contributed by atoms with Gasteiger partial charge in [-0.15, -0.1) is 0 Å². The predicted molar refractivity (Wildman–Crippen MR) is 198 cm³/mol. The van der Waals surface area contributed by atoms with E-state index in [1.165, 1.54) is 88.4 Å². The van der Waals surface area contributed by atoms with E-state index < -0.39 is 0 Å². The van der Waals surface area contributed by atoms with Gasteiger partial charge in [-0.25, -0.2) is 0 Å². The van der Waals surface area contributed by atoms with Crippen LogP contribution in [-0.4, -0.2) is 9.13 Å². The van der Waals surface area contributed by atoms with Crippen LogP contribution in [0.5, 0.6) is 0 Å². The Labute approximate surface area is 273 Å². The molecule has 0 fully saturated rings. The molecule has 2 aromatic heterocycles. The van der Waals surface area contributed by atoms with Crippen LogP contribution in [-0.2, 0) is 5.41 Å². The number of aromatic nitrogens is 2. The van der Waals surface area contributed by atoms with Crippen LogP contribution >= 0.6 is 0 Å². The molecule has 2 nitrogen and oxygen atoms in total. The Morgan fingerprint density at radius 2 is 0.957 bits per heavy atom. The first-order valence-corrected chi connectivity index (χ1v) is 16.4. The van der Waals surface area contributed by atoms with Crippen LogP contribution in [0, 0.1) is 0 Å². The number of hydrogen-bond acceptors (Lipinski definition) is 0. The average molecular weight is 601 g/mol. The maximum absolute atomic E-state index is 2.52. The molecule has 9 aromatic rings. The first-order valence-electron chi connectivity index (χ1n) is 16.4. The van der Waals surface area contributed by atoms with Gasteiger partial charge >= 0.3 is 0 Å². The number of benzene rings is 7. The van der Waals surface area contributed by atoms with Crippen LogP contribution < -0.4 is 0 Å². The summed E-state index contributed by atoms with van der Waals surface area (Å²) in [5.74, 6) is 0. The highest BCUT2D eigenvalue weighted by Gasteiger charge is 2.35. The highest BCUT2D eigenvalue weighted by atomic mass is 15.0. The third kappa shape index (κ3) is 3.67. The van der Waals surface area contributed by atoms with Crippen molar-refractivity contribution in [2.75, 3.05) is 0 Å². The van der Waals surface area contributed by atoms with E-state index >= 15 is 0 Å². The number of fused-ring (bicyclic) bond motifs is 8. The molecule has 0 N–H and O–H groups in total. The first kappa shape index (κ1) is 26.4. The topological polar surface area (TPSA) is 9.86 Å². The van der Waals surface area contributed by atoms with Gasteiger partial charge in [0.2, 0.25) is 0 Å². The number of hydrogen-bond donors (Lipinski definition) is 0. The standard InChI is InChI=1S/C45H32N2/c1-45(2)38-18-11-17-37-36-24-21-32(30-14-7-4-8-15-30)27-43(36)47(44(37)38)41-25-22-33(28-39(41)45)46-40-19-10-9-16-34(40)35-23-20-31(26-42(35)46)29-12-5-3-6-13-29/h3-28H,1-2H3. The second-order valence-electron chi connectivity index (χ2n) is 13.4. The monoisotopic (exact) mass is 600 g/mol. The zero-order valence-corrected chi connectivity index (χ0v) is 26.4. The molecule has 2 heteroatoms. The molecule has 10 rings (SSSR count). The smallest absolute Gasteiger partial charge is 0.0582 e. The summed E-state index contributed by atoms with van der Waals surface area (Å²) in [7, 11) is 0. The van der Waals surface area contributed by atoms with E-state index in [1.54, 1.807) is 0 Å². The zero-order valence-electron chi connectivity index (χ0n) is 26.4. The summed E-state index contributed by atoms with van der Waals surface area (Å²) in [4.78, 5) is 0. The molecule has 3 heterocycles. The molecule has 0 unspecified atom stereocenters. The van der Waals surface area contributed by atoms with Crippen molar-refractivity contribution in [2.24, 2.45) is 0 Å². The van der Waals surface area contributed by atoms with Crippen LogP contribution in [0.3, 0.4) is 0 Å². The molecule has 0 atom stereocenters. The van der Waals surface area contributed by atoms with E-state index in [9.17, 15) is 0 Å². The van der Waals surface area contributed by atoms with E-state index in [-0.39, 0.29) is 5.41 Å². The van der Waals surface area contributed by atoms with Gasteiger partial charge in [0.1, 0.15) is 0 Å². The molecule has 7 aromatic carbocycles. The van der Waals surface area contributed by atoms with Gasteiger partial charge in [-0.05, 0) is 69.8 Å². The summed E-state index contributed by atoms with van der Waals surface area (Å²) in [6, 6.07) is 58.1. The molecule has 0 amide bonds. The first-order chi connectivity index (χ1) is 23.1. The van der Waals surface area contributed by atoms with Crippen LogP contribution in [0.25, 0.3) is 77.2 Å². The lowest BCUT2D eigenvalue weighted by molar-refractivity contribution is 0.629. The summed E-state index contributed by atoms with van der Waals surface area (Å²) >= 11 is 0. The summed E-state index contributed by atoms with van der Waals surface area (Å²) in [5, 5.41) is 5.16. The van der Waals surface area contributed by atoms with Crippen molar-refractivity contribution in [1.82, 2.24) is 9.13 Å². The lowest BCUT2D eigenvalue weighted by Crippen LogP contribution is -2.26. The SMILES string of the molecule is CC1(C)c2cc(-n3c4ccccc4c4ccc(-c5ccccc5)cc43)ccc2-n2c3cc(-c4ccccc4)ccc3c3cccc1c32. The minimum atomic E-state index is -0.189. The van der Waals surface area contributed by atoms with E-state index in [2.05, 4.69) is 181 Å². The van der Waals surface area contributed by atoms with Crippen molar-refractivity contribution in [3.05, 3.63) is 169 Å². The highest BCUT2D eigenvalue weighted by molar-refractivity contribution is 6.13. The Morgan fingerprint density at radius 3 is 1.66 bits per heavy atom. The lowest BCUT2D eigenvalue weighted by atomic mass is 9.74. The Bertz CT molecular complexity index is 2690. The molecule has 0 saturated heterocycles. The van der Waals surface area contributed by atoms with E-state index in [1.807, 2.05) is 0 Å². The summed E-state index contributed by atoms with van der Waals surface area (Å²) in [6.45, 7) is 4.78. The Kier molecular flexibility index (Phi) is 5.37. The van der Waals surface area contributed by atoms with Gasteiger partial charge in [0, 0.05) is 32.6 Å². The molecule has 0 aliphatic carbocycles. The van der Waals surface area contributed by atoms with Crippen LogP contribution in [0.1, 0.15) is 25.0 Å². The second-order valence-corrected chi connectivity index (χ2v) is 13.4. The predicted octanol–water partition coefficient (Wildman–Crippen LogP) is 11.9. The zero-order chi connectivity index (χ0) is 31.3. The molecule has 0 saturated carbocycles. The van der Waals surface area contributed by atoms with Gasteiger partial charge in [0.05, 0.1) is 27.8 Å². The molecule has 0 spiro atoms. The molecule has 47 heavy (non-hydrogen) atoms. The third-order valence-electron chi connectivity index (χ3n) is 10.5. The van der Waals surface area contributed by atoms with Crippen LogP contribution in [0.4, 0.5) is 0 Å². The second kappa shape index (κ2) is 9.57. The number of para-hydroxylation sites is 2. The Balaban J connectivity index is 1.25. The molecular formula is C45H32N2. The largest absolute Gasteiger partial charge is 0.309 e.